The molecule has 0 unspecified atom stereocenters. The van der Waals surface area contributed by atoms with Crippen molar-refractivity contribution in [3.63, 3.8) is 0 Å². The van der Waals surface area contributed by atoms with E-state index in [0.717, 1.165) is 11.4 Å². The van der Waals surface area contributed by atoms with Gasteiger partial charge in [0.25, 0.3) is 0 Å². The maximum absolute atomic E-state index is 2.54. The van der Waals surface area contributed by atoms with Gasteiger partial charge >= 0.3 is 0 Å². The molecule has 0 aliphatic heterocycles. The van der Waals surface area contributed by atoms with E-state index in [1.807, 2.05) is 0 Å². The Morgan fingerprint density at radius 2 is 0.960 bits per heavy atom. The molecule has 0 bridgehead atoms. The summed E-state index contributed by atoms with van der Waals surface area (Å²) in [5, 5.41) is 5.10. The van der Waals surface area contributed by atoms with Crippen LogP contribution in [-0.2, 0) is 10.8 Å². The number of benzene rings is 8. The van der Waals surface area contributed by atoms with Crippen LogP contribution in [0.3, 0.4) is 0 Å². The lowest BCUT2D eigenvalue weighted by Crippen LogP contribution is -2.26. The number of anilines is 3. The highest BCUT2D eigenvalue weighted by Crippen LogP contribution is 2.65. The van der Waals surface area contributed by atoms with Crippen LogP contribution in [0.4, 0.5) is 17.1 Å². The minimum atomic E-state index is -0.459. The summed E-state index contributed by atoms with van der Waals surface area (Å²) in [6, 6.07) is 63.6. The molecule has 2 aliphatic rings. The Bertz CT molecular complexity index is 2580. The van der Waals surface area contributed by atoms with Gasteiger partial charge < -0.3 is 4.90 Å². The summed E-state index contributed by atoms with van der Waals surface area (Å²) in [6.45, 7) is 6.84. The molecule has 238 valence electrons. The van der Waals surface area contributed by atoms with Crippen molar-refractivity contribution >= 4 is 38.6 Å². The van der Waals surface area contributed by atoms with Gasteiger partial charge in [-0.2, -0.15) is 0 Å². The lowest BCUT2D eigenvalue weighted by molar-refractivity contribution is 0.590. The molecule has 0 aromatic heterocycles. The SMILES string of the molecule is CC(C)(C)c1ccc(N(c2ccccc2)c2cc3c(c4ccccc24)-c2c(ccc4ccccc24)C32c3ccccc3-c3ccccc32)cc1. The molecule has 0 saturated carbocycles. The Morgan fingerprint density at radius 3 is 1.64 bits per heavy atom. The molecule has 8 aromatic carbocycles. The van der Waals surface area contributed by atoms with E-state index in [9.17, 15) is 0 Å². The number of rotatable bonds is 3. The van der Waals surface area contributed by atoms with Gasteiger partial charge in [0, 0.05) is 16.8 Å². The van der Waals surface area contributed by atoms with Crippen molar-refractivity contribution in [2.75, 3.05) is 4.90 Å². The van der Waals surface area contributed by atoms with Crippen LogP contribution in [0.2, 0.25) is 0 Å². The highest BCUT2D eigenvalue weighted by atomic mass is 15.1. The van der Waals surface area contributed by atoms with E-state index < -0.39 is 5.41 Å². The summed E-state index contributed by atoms with van der Waals surface area (Å²) in [4.78, 5) is 2.47. The number of hydrogen-bond donors (Lipinski definition) is 0. The molecular weight excluding hydrogens is 603 g/mol. The molecule has 1 nitrogen and oxygen atoms in total. The van der Waals surface area contributed by atoms with Gasteiger partial charge in [0.2, 0.25) is 0 Å². The van der Waals surface area contributed by atoms with Crippen LogP contribution in [-0.4, -0.2) is 0 Å². The summed E-state index contributed by atoms with van der Waals surface area (Å²) in [5.74, 6) is 0. The molecule has 0 heterocycles. The highest BCUT2D eigenvalue weighted by Gasteiger charge is 2.52. The summed E-state index contributed by atoms with van der Waals surface area (Å²) in [5.41, 5.74) is 15.2. The van der Waals surface area contributed by atoms with E-state index in [-0.39, 0.29) is 5.41 Å². The topological polar surface area (TPSA) is 3.24 Å². The summed E-state index contributed by atoms with van der Waals surface area (Å²) >= 11 is 0. The van der Waals surface area contributed by atoms with Crippen LogP contribution in [0.15, 0.2) is 170 Å². The molecule has 50 heavy (non-hydrogen) atoms. The molecule has 0 amide bonds. The molecule has 1 heteroatoms. The average Bonchev–Trinajstić information content (AvgIpc) is 3.63. The number of nitrogens with zero attached hydrogens (tertiary/aromatic N) is 1. The molecule has 0 atom stereocenters. The first-order chi connectivity index (χ1) is 24.5. The zero-order valence-corrected chi connectivity index (χ0v) is 28.6. The van der Waals surface area contributed by atoms with Gasteiger partial charge in [0.15, 0.2) is 0 Å². The quantitative estimate of drug-likeness (QED) is 0.186. The number of hydrogen-bond acceptors (Lipinski definition) is 1. The Hall–Kier alpha value is -5.92. The second kappa shape index (κ2) is 10.5. The van der Waals surface area contributed by atoms with Gasteiger partial charge in [-0.15, -0.1) is 0 Å². The fourth-order valence-electron chi connectivity index (χ4n) is 9.03. The minimum Gasteiger partial charge on any atom is -0.310 e. The third kappa shape index (κ3) is 3.89. The van der Waals surface area contributed by atoms with Gasteiger partial charge in [0.1, 0.15) is 0 Å². The Balaban J connectivity index is 1.37. The van der Waals surface area contributed by atoms with Crippen molar-refractivity contribution in [2.45, 2.75) is 31.6 Å². The molecule has 0 N–H and O–H groups in total. The van der Waals surface area contributed by atoms with E-state index in [1.54, 1.807) is 0 Å². The monoisotopic (exact) mass is 639 g/mol. The van der Waals surface area contributed by atoms with Crippen molar-refractivity contribution in [3.05, 3.63) is 198 Å². The second-order valence-electron chi connectivity index (χ2n) is 14.9. The lowest BCUT2D eigenvalue weighted by atomic mass is 9.70. The molecule has 0 saturated heterocycles. The molecule has 0 radical (unpaired) electrons. The predicted molar refractivity (Wildman–Crippen MR) is 211 cm³/mol. The van der Waals surface area contributed by atoms with Crippen LogP contribution >= 0.6 is 0 Å². The predicted octanol–water partition coefficient (Wildman–Crippen LogP) is 13.1. The van der Waals surface area contributed by atoms with Gasteiger partial charge in [0.05, 0.1) is 11.1 Å². The molecule has 0 fully saturated rings. The zero-order valence-electron chi connectivity index (χ0n) is 28.6. The Labute approximate surface area is 294 Å². The van der Waals surface area contributed by atoms with Gasteiger partial charge in [-0.3, -0.25) is 0 Å². The van der Waals surface area contributed by atoms with Crippen molar-refractivity contribution in [2.24, 2.45) is 0 Å². The molecule has 2 aliphatic carbocycles. The van der Waals surface area contributed by atoms with E-state index in [1.165, 1.54) is 77.3 Å². The first-order valence-electron chi connectivity index (χ1n) is 17.7. The lowest BCUT2D eigenvalue weighted by Gasteiger charge is -2.33. The highest BCUT2D eigenvalue weighted by molar-refractivity contribution is 6.16. The average molecular weight is 640 g/mol. The van der Waals surface area contributed by atoms with Crippen LogP contribution in [0, 0.1) is 0 Å². The second-order valence-corrected chi connectivity index (χ2v) is 14.9. The smallest absolute Gasteiger partial charge is 0.0726 e. The third-order valence-corrected chi connectivity index (χ3v) is 11.2. The van der Waals surface area contributed by atoms with Crippen molar-refractivity contribution < 1.29 is 0 Å². The summed E-state index contributed by atoms with van der Waals surface area (Å²) in [7, 11) is 0. The summed E-state index contributed by atoms with van der Waals surface area (Å²) < 4.78 is 0. The first-order valence-corrected chi connectivity index (χ1v) is 17.7. The minimum absolute atomic E-state index is 0.0700. The van der Waals surface area contributed by atoms with Gasteiger partial charge in [-0.1, -0.05) is 160 Å². The van der Waals surface area contributed by atoms with Crippen LogP contribution in [0.1, 0.15) is 48.6 Å². The molecule has 1 spiro atoms. The Morgan fingerprint density at radius 1 is 0.420 bits per heavy atom. The fourth-order valence-corrected chi connectivity index (χ4v) is 9.03. The number of para-hydroxylation sites is 1. The van der Waals surface area contributed by atoms with Crippen LogP contribution < -0.4 is 4.90 Å². The van der Waals surface area contributed by atoms with Gasteiger partial charge in [-0.05, 0) is 102 Å². The third-order valence-electron chi connectivity index (χ3n) is 11.2. The fraction of sp³-hybridized carbons (Fsp3) is 0.102. The molecule has 8 aromatic rings. The maximum atomic E-state index is 2.54. The van der Waals surface area contributed by atoms with Crippen LogP contribution in [0.25, 0.3) is 43.8 Å². The first kappa shape index (κ1) is 29.0. The molecule has 10 rings (SSSR count). The summed E-state index contributed by atoms with van der Waals surface area (Å²) in [6.07, 6.45) is 0. The van der Waals surface area contributed by atoms with Crippen molar-refractivity contribution in [1.82, 2.24) is 0 Å². The van der Waals surface area contributed by atoms with E-state index in [2.05, 4.69) is 196 Å². The standard InChI is InChI=1S/C49H37N/c1-48(2,3)33-26-28-35(29-27-33)50(34-16-5-4-6-17-34)45-31-44-47(40-22-10-9-21-39(40)45)46-36-18-8-7-15-32(36)25-30-43(46)49(44)41-23-13-11-19-37(41)38-20-12-14-24-42(38)49/h4-31H,1-3H3. The van der Waals surface area contributed by atoms with Gasteiger partial charge in [-0.25, -0.2) is 0 Å². The van der Waals surface area contributed by atoms with Crippen LogP contribution in [0.5, 0.6) is 0 Å². The van der Waals surface area contributed by atoms with E-state index in [4.69, 9.17) is 0 Å². The van der Waals surface area contributed by atoms with E-state index >= 15 is 0 Å². The molecular formula is C49H37N. The number of fused-ring (bicyclic) bond motifs is 14. The van der Waals surface area contributed by atoms with E-state index in [0.29, 0.717) is 0 Å². The maximum Gasteiger partial charge on any atom is 0.0726 e. The Kier molecular flexibility index (Phi) is 6.12. The normalized spacial score (nSPS) is 13.7. The van der Waals surface area contributed by atoms with Crippen molar-refractivity contribution in [1.29, 1.82) is 0 Å². The van der Waals surface area contributed by atoms with Crippen molar-refractivity contribution in [3.8, 4) is 22.3 Å². The largest absolute Gasteiger partial charge is 0.310 e. The zero-order chi connectivity index (χ0) is 33.6.